The van der Waals surface area contributed by atoms with Gasteiger partial charge in [-0.15, -0.1) is 11.3 Å². The molecule has 2 heterocycles. The second-order valence-corrected chi connectivity index (χ2v) is 6.50. The van der Waals surface area contributed by atoms with Gasteiger partial charge in [0.2, 0.25) is 0 Å². The molecule has 0 atom stereocenters. The van der Waals surface area contributed by atoms with E-state index >= 15 is 0 Å². The van der Waals surface area contributed by atoms with E-state index in [0.29, 0.717) is 10.6 Å². The predicted octanol–water partition coefficient (Wildman–Crippen LogP) is 1.76. The van der Waals surface area contributed by atoms with E-state index in [2.05, 4.69) is 14.7 Å². The number of thiophene rings is 1. The Bertz CT molecular complexity index is 708. The molecule has 2 aromatic rings. The number of hydrogen-bond donors (Lipinski definition) is 2. The van der Waals surface area contributed by atoms with Crippen molar-refractivity contribution in [3.63, 3.8) is 0 Å². The molecule has 0 aliphatic heterocycles. The molecule has 2 N–H and O–H groups in total. The number of aromatic nitrogens is 2. The Morgan fingerprint density at radius 1 is 1.50 bits per heavy atom. The summed E-state index contributed by atoms with van der Waals surface area (Å²) in [6.07, 6.45) is 2.49. The molecule has 2 rings (SSSR count). The number of nitrogens with zero attached hydrogens (tertiary/aromatic N) is 2. The highest BCUT2D eigenvalue weighted by atomic mass is 32.2. The van der Waals surface area contributed by atoms with Crippen molar-refractivity contribution < 1.29 is 8.42 Å². The first kappa shape index (κ1) is 12.6. The molecule has 0 saturated heterocycles. The third-order valence-corrected chi connectivity index (χ3v) is 5.01. The van der Waals surface area contributed by atoms with Gasteiger partial charge in [0, 0.05) is 4.88 Å². The molecule has 94 valence electrons. The summed E-state index contributed by atoms with van der Waals surface area (Å²) in [5, 5.41) is 9.34. The lowest BCUT2D eigenvalue weighted by Gasteiger charge is -2.03. The Morgan fingerprint density at radius 2 is 2.22 bits per heavy atom. The van der Waals surface area contributed by atoms with Crippen LogP contribution >= 0.6 is 11.3 Å². The fourth-order valence-corrected chi connectivity index (χ4v) is 3.62. The first-order valence-electron chi connectivity index (χ1n) is 4.97. The zero-order valence-corrected chi connectivity index (χ0v) is 11.3. The topological polar surface area (TPSA) is 98.6 Å². The molecule has 6 nitrogen and oxygen atoms in total. The van der Waals surface area contributed by atoms with E-state index in [1.54, 1.807) is 6.92 Å². The summed E-state index contributed by atoms with van der Waals surface area (Å²) in [6.45, 7) is 3.63. The molecule has 18 heavy (non-hydrogen) atoms. The summed E-state index contributed by atoms with van der Waals surface area (Å²) >= 11 is 1.24. The van der Waals surface area contributed by atoms with Crippen LogP contribution in [0, 0.1) is 25.2 Å². The lowest BCUT2D eigenvalue weighted by molar-refractivity contribution is 0.598. The normalized spacial score (nSPS) is 11.2. The maximum Gasteiger partial charge on any atom is 0.279 e. The van der Waals surface area contributed by atoms with E-state index < -0.39 is 10.0 Å². The highest BCUT2D eigenvalue weighted by molar-refractivity contribution is 7.92. The number of anilines is 1. The molecule has 0 aliphatic rings. The minimum Gasteiger partial charge on any atom is -0.334 e. The van der Waals surface area contributed by atoms with Gasteiger partial charge in [0.05, 0.1) is 18.1 Å². The van der Waals surface area contributed by atoms with Crippen molar-refractivity contribution in [2.75, 3.05) is 4.72 Å². The Balaban J connectivity index is 2.42. The van der Waals surface area contributed by atoms with Crippen molar-refractivity contribution in [3.8, 4) is 6.07 Å². The lowest BCUT2D eigenvalue weighted by atomic mass is 10.2. The van der Waals surface area contributed by atoms with Crippen LogP contribution in [-0.4, -0.2) is 18.4 Å². The van der Waals surface area contributed by atoms with Crippen molar-refractivity contribution in [1.82, 2.24) is 9.97 Å². The third-order valence-electron chi connectivity index (χ3n) is 2.49. The van der Waals surface area contributed by atoms with E-state index in [9.17, 15) is 8.42 Å². The number of sulfonamides is 1. The van der Waals surface area contributed by atoms with E-state index in [1.165, 1.54) is 23.9 Å². The maximum atomic E-state index is 12.0. The van der Waals surface area contributed by atoms with Gasteiger partial charge in [0.1, 0.15) is 11.1 Å². The van der Waals surface area contributed by atoms with Crippen LogP contribution in [0.25, 0.3) is 0 Å². The summed E-state index contributed by atoms with van der Waals surface area (Å²) < 4.78 is 26.3. The molecule has 0 unspecified atom stereocenters. The molecule has 2 aromatic heterocycles. The van der Waals surface area contributed by atoms with Crippen molar-refractivity contribution >= 4 is 26.4 Å². The van der Waals surface area contributed by atoms with Crippen LogP contribution in [0.15, 0.2) is 17.6 Å². The zero-order valence-electron chi connectivity index (χ0n) is 9.68. The van der Waals surface area contributed by atoms with Gasteiger partial charge in [-0.3, -0.25) is 4.72 Å². The van der Waals surface area contributed by atoms with Gasteiger partial charge < -0.3 is 4.98 Å². The highest BCUT2D eigenvalue weighted by Gasteiger charge is 2.20. The van der Waals surface area contributed by atoms with Crippen molar-refractivity contribution in [1.29, 1.82) is 5.26 Å². The van der Waals surface area contributed by atoms with Crippen molar-refractivity contribution in [3.05, 3.63) is 28.5 Å². The van der Waals surface area contributed by atoms with E-state index in [1.807, 2.05) is 13.0 Å². The van der Waals surface area contributed by atoms with Gasteiger partial charge in [-0.2, -0.15) is 13.7 Å². The molecular weight excluding hydrogens is 272 g/mol. The Labute approximate surface area is 108 Å². The molecule has 0 saturated carbocycles. The molecule has 0 aromatic carbocycles. The maximum absolute atomic E-state index is 12.0. The van der Waals surface area contributed by atoms with Crippen LogP contribution in [0.1, 0.15) is 16.0 Å². The zero-order chi connectivity index (χ0) is 13.3. The summed E-state index contributed by atoms with van der Waals surface area (Å²) in [5.41, 5.74) is 1.16. The molecule has 0 fully saturated rings. The summed E-state index contributed by atoms with van der Waals surface area (Å²) in [4.78, 5) is 7.09. The quantitative estimate of drug-likeness (QED) is 0.896. The van der Waals surface area contributed by atoms with Gasteiger partial charge >= 0.3 is 0 Å². The molecule has 8 heteroatoms. The van der Waals surface area contributed by atoms with Gasteiger partial charge in [0.15, 0.2) is 5.03 Å². The van der Waals surface area contributed by atoms with Gasteiger partial charge in [-0.1, -0.05) is 0 Å². The van der Waals surface area contributed by atoms with Crippen LogP contribution in [0.3, 0.4) is 0 Å². The largest absolute Gasteiger partial charge is 0.334 e. The van der Waals surface area contributed by atoms with Crippen LogP contribution in [-0.2, 0) is 10.0 Å². The average molecular weight is 282 g/mol. The van der Waals surface area contributed by atoms with Crippen molar-refractivity contribution in [2.45, 2.75) is 18.9 Å². The number of aryl methyl sites for hydroxylation is 1. The minimum atomic E-state index is -3.71. The summed E-state index contributed by atoms with van der Waals surface area (Å²) in [6, 6.07) is 2.01. The lowest BCUT2D eigenvalue weighted by Crippen LogP contribution is -2.13. The van der Waals surface area contributed by atoms with Gasteiger partial charge in [0.25, 0.3) is 10.0 Å². The predicted molar refractivity (Wildman–Crippen MR) is 67.9 cm³/mol. The molecule has 0 radical (unpaired) electrons. The van der Waals surface area contributed by atoms with Crippen LogP contribution in [0.2, 0.25) is 0 Å². The third kappa shape index (κ3) is 2.10. The number of rotatable bonds is 3. The number of imidazole rings is 1. The van der Waals surface area contributed by atoms with Crippen LogP contribution in [0.5, 0.6) is 0 Å². The van der Waals surface area contributed by atoms with Gasteiger partial charge in [-0.05, 0) is 19.4 Å². The molecule has 0 spiro atoms. The highest BCUT2D eigenvalue weighted by Crippen LogP contribution is 2.32. The molecule has 0 bridgehead atoms. The smallest absolute Gasteiger partial charge is 0.279 e. The average Bonchev–Trinajstić information content (AvgIpc) is 2.89. The van der Waals surface area contributed by atoms with Gasteiger partial charge in [-0.25, -0.2) is 4.98 Å². The van der Waals surface area contributed by atoms with E-state index in [-0.39, 0.29) is 5.03 Å². The van der Waals surface area contributed by atoms with Crippen molar-refractivity contribution in [2.24, 2.45) is 0 Å². The molecule has 0 amide bonds. The fraction of sp³-hybridized carbons (Fsp3) is 0.200. The first-order valence-corrected chi connectivity index (χ1v) is 7.27. The Morgan fingerprint density at radius 3 is 2.78 bits per heavy atom. The second-order valence-electron chi connectivity index (χ2n) is 3.62. The number of hydrogen-bond acceptors (Lipinski definition) is 5. The number of nitrogens with one attached hydrogen (secondary N) is 2. The first-order chi connectivity index (χ1) is 8.45. The van der Waals surface area contributed by atoms with Crippen LogP contribution in [0.4, 0.5) is 5.00 Å². The molecular formula is C10H10N4O2S2. The van der Waals surface area contributed by atoms with Crippen LogP contribution < -0.4 is 4.72 Å². The fourth-order valence-electron chi connectivity index (χ4n) is 1.40. The number of nitriles is 1. The Kier molecular flexibility index (Phi) is 3.11. The summed E-state index contributed by atoms with van der Waals surface area (Å²) in [5.74, 6) is 0. The molecule has 0 aliphatic carbocycles. The Hall–Kier alpha value is -1.85. The number of aromatic amines is 1. The van der Waals surface area contributed by atoms with E-state index in [0.717, 1.165) is 10.4 Å². The second kappa shape index (κ2) is 4.44. The monoisotopic (exact) mass is 282 g/mol. The number of H-pyrrole nitrogens is 1. The summed E-state index contributed by atoms with van der Waals surface area (Å²) in [7, 11) is -3.71. The minimum absolute atomic E-state index is 0.0323. The van der Waals surface area contributed by atoms with E-state index in [4.69, 9.17) is 5.26 Å². The SMILES string of the molecule is Cc1sc(NS(=O)(=O)c2cnc[nH]2)c(C#N)c1C. The standard InChI is InChI=1S/C10H10N4O2S2/c1-6-7(2)17-10(8(6)3-11)14-18(15,16)9-4-12-5-13-9/h4-5,14H,1-2H3,(H,12,13).